The minimum atomic E-state index is -4.69. The summed E-state index contributed by atoms with van der Waals surface area (Å²) in [7, 11) is -4.16. The Morgan fingerprint density at radius 3 is 2.31 bits per heavy atom. The van der Waals surface area contributed by atoms with Gasteiger partial charge in [-0.1, -0.05) is 6.07 Å². The molecular weight excluding hydrogens is 510 g/mol. The molecule has 196 valence electrons. The summed E-state index contributed by atoms with van der Waals surface area (Å²) in [6.45, 7) is 2.89. The molecule has 0 radical (unpaired) electrons. The number of carbonyl (C=O) groups excluding carboxylic acids is 1. The molecule has 0 saturated heterocycles. The number of sulfone groups is 1. The Hall–Kier alpha value is -2.50. The van der Waals surface area contributed by atoms with Crippen LogP contribution in [-0.4, -0.2) is 49.1 Å². The highest BCUT2D eigenvalue weighted by Crippen LogP contribution is 2.48. The number of allylic oxidation sites excluding steroid dienone is 1. The maximum absolute atomic E-state index is 13.2. The SMILES string of the molecule is CC(C)(C1CC(C(=O)C2=NC2C2=CC(C(F)(F)F)=NCCC2)C1)S(=O)(=O)c1cccc(C(F)(F)F)c1. The van der Waals surface area contributed by atoms with Crippen LogP contribution < -0.4 is 0 Å². The maximum atomic E-state index is 13.2. The minimum absolute atomic E-state index is 0.0323. The third kappa shape index (κ3) is 4.88. The predicted molar refractivity (Wildman–Crippen MR) is 121 cm³/mol. The second-order valence-corrected chi connectivity index (χ2v) is 12.4. The first kappa shape index (κ1) is 26.6. The topological polar surface area (TPSA) is 75.9 Å². The first-order valence-electron chi connectivity index (χ1n) is 11.4. The van der Waals surface area contributed by atoms with Gasteiger partial charge in [-0.2, -0.15) is 26.3 Å². The van der Waals surface area contributed by atoms with Crippen molar-refractivity contribution >= 4 is 27.0 Å². The van der Waals surface area contributed by atoms with Gasteiger partial charge in [-0.15, -0.1) is 0 Å². The van der Waals surface area contributed by atoms with Crippen molar-refractivity contribution in [2.45, 2.75) is 67.6 Å². The maximum Gasteiger partial charge on any atom is 0.432 e. The van der Waals surface area contributed by atoms with E-state index in [0.29, 0.717) is 24.5 Å². The number of rotatable bonds is 6. The summed E-state index contributed by atoms with van der Waals surface area (Å²) < 4.78 is 103. The zero-order valence-electron chi connectivity index (χ0n) is 19.4. The van der Waals surface area contributed by atoms with E-state index in [4.69, 9.17) is 0 Å². The van der Waals surface area contributed by atoms with Crippen molar-refractivity contribution in [3.63, 3.8) is 0 Å². The number of hydrogen-bond donors (Lipinski definition) is 0. The second-order valence-electron chi connectivity index (χ2n) is 9.87. The third-order valence-corrected chi connectivity index (χ3v) is 9.83. The molecule has 1 aromatic rings. The van der Waals surface area contributed by atoms with E-state index in [1.165, 1.54) is 13.8 Å². The normalized spacial score (nSPS) is 25.2. The molecule has 2 heterocycles. The van der Waals surface area contributed by atoms with Crippen LogP contribution >= 0.6 is 0 Å². The summed E-state index contributed by atoms with van der Waals surface area (Å²) in [5, 5.41) is 0. The van der Waals surface area contributed by atoms with Crippen molar-refractivity contribution in [1.82, 2.24) is 0 Å². The molecule has 4 rings (SSSR count). The zero-order valence-corrected chi connectivity index (χ0v) is 20.3. The summed E-state index contributed by atoms with van der Waals surface area (Å²) >= 11 is 0. The highest BCUT2D eigenvalue weighted by atomic mass is 32.2. The summed E-state index contributed by atoms with van der Waals surface area (Å²) in [5.74, 6) is -1.33. The van der Waals surface area contributed by atoms with Crippen LogP contribution in [0.5, 0.6) is 0 Å². The number of halogens is 6. The molecule has 0 N–H and O–H groups in total. The average Bonchev–Trinajstić information content (AvgIpc) is 3.54. The summed E-state index contributed by atoms with van der Waals surface area (Å²) in [6.07, 6.45) is -7.18. The number of hydrogen-bond acceptors (Lipinski definition) is 5. The molecule has 2 aliphatic heterocycles. The Balaban J connectivity index is 1.41. The lowest BCUT2D eigenvalue weighted by atomic mass is 9.67. The lowest BCUT2D eigenvalue weighted by molar-refractivity contribution is -0.137. The van der Waals surface area contributed by atoms with Gasteiger partial charge in [-0.25, -0.2) is 8.42 Å². The van der Waals surface area contributed by atoms with E-state index < -0.39 is 61.0 Å². The molecule has 1 aliphatic carbocycles. The Morgan fingerprint density at radius 1 is 1.03 bits per heavy atom. The van der Waals surface area contributed by atoms with E-state index >= 15 is 0 Å². The first-order valence-corrected chi connectivity index (χ1v) is 12.9. The van der Waals surface area contributed by atoms with Crippen molar-refractivity contribution < 1.29 is 39.6 Å². The van der Waals surface area contributed by atoms with Crippen LogP contribution in [0.2, 0.25) is 0 Å². The molecule has 12 heteroatoms. The standard InChI is InChI=1S/C24H24F6N2O3S/c1-22(2,36(34,35)17-7-3-6-15(12-17)23(25,26)27)16-9-14(10-16)21(33)20-19(32-20)13-5-4-8-31-18(11-13)24(28,29)30/h3,6-7,11-12,14,16,19H,4-5,8-10H2,1-2H3. The third-order valence-electron chi connectivity index (χ3n) is 7.24. The highest BCUT2D eigenvalue weighted by molar-refractivity contribution is 7.92. The molecule has 0 spiro atoms. The molecule has 0 amide bonds. The number of nitrogens with zero attached hydrogens (tertiary/aromatic N) is 2. The number of benzene rings is 1. The largest absolute Gasteiger partial charge is 0.432 e. The molecule has 3 aliphatic rings. The Kier molecular flexibility index (Phi) is 6.50. The van der Waals surface area contributed by atoms with Crippen molar-refractivity contribution in [3.05, 3.63) is 41.5 Å². The molecule has 1 atom stereocenters. The van der Waals surface area contributed by atoms with Gasteiger partial charge in [0, 0.05) is 12.5 Å². The van der Waals surface area contributed by atoms with E-state index in [1.54, 1.807) is 0 Å². The van der Waals surface area contributed by atoms with E-state index in [0.717, 1.165) is 24.3 Å². The first-order chi connectivity index (χ1) is 16.5. The van der Waals surface area contributed by atoms with Gasteiger partial charge in [0.2, 0.25) is 0 Å². The predicted octanol–water partition coefficient (Wildman–Crippen LogP) is 5.40. The van der Waals surface area contributed by atoms with Crippen LogP contribution in [-0.2, 0) is 20.8 Å². The lowest BCUT2D eigenvalue weighted by Gasteiger charge is -2.43. The minimum Gasteiger partial charge on any atom is -0.292 e. The second kappa shape index (κ2) is 8.81. The van der Waals surface area contributed by atoms with Crippen molar-refractivity contribution in [2.24, 2.45) is 21.8 Å². The molecule has 36 heavy (non-hydrogen) atoms. The fraction of sp³-hybridized carbons (Fsp3) is 0.542. The summed E-state index contributed by atoms with van der Waals surface area (Å²) in [6, 6.07) is 2.87. The summed E-state index contributed by atoms with van der Waals surface area (Å²) in [4.78, 5) is 20.1. The average molecular weight is 535 g/mol. The Bertz CT molecular complexity index is 1270. The zero-order chi connectivity index (χ0) is 26.7. The monoisotopic (exact) mass is 534 g/mol. The van der Waals surface area contributed by atoms with E-state index in [-0.39, 0.29) is 30.9 Å². The van der Waals surface area contributed by atoms with Crippen LogP contribution in [0.1, 0.15) is 45.1 Å². The van der Waals surface area contributed by atoms with Crippen LogP contribution in [0.4, 0.5) is 26.3 Å². The van der Waals surface area contributed by atoms with Gasteiger partial charge in [-0.3, -0.25) is 14.8 Å². The molecule has 0 bridgehead atoms. The molecule has 0 aromatic heterocycles. The van der Waals surface area contributed by atoms with Gasteiger partial charge in [0.25, 0.3) is 0 Å². The van der Waals surface area contributed by atoms with E-state index in [1.807, 2.05) is 0 Å². The van der Waals surface area contributed by atoms with Crippen LogP contribution in [0.25, 0.3) is 0 Å². The number of Topliss-reactive ketones (excluding diaryl/α,β-unsaturated/α-hetero) is 1. The number of carbonyl (C=O) groups is 1. The Morgan fingerprint density at radius 2 is 1.69 bits per heavy atom. The molecule has 1 fully saturated rings. The van der Waals surface area contributed by atoms with Gasteiger partial charge in [0.05, 0.1) is 15.2 Å². The van der Waals surface area contributed by atoms with Gasteiger partial charge >= 0.3 is 12.4 Å². The molecule has 1 aromatic carbocycles. The molecule has 1 unspecified atom stereocenters. The molecular formula is C24H24F6N2O3S. The fourth-order valence-electron chi connectivity index (χ4n) is 4.69. The number of ketones is 1. The Labute approximate surface area is 204 Å². The number of alkyl halides is 6. The fourth-order valence-corrected chi connectivity index (χ4v) is 6.47. The van der Waals surface area contributed by atoms with Gasteiger partial charge in [0.1, 0.15) is 17.5 Å². The molecule has 1 saturated carbocycles. The highest BCUT2D eigenvalue weighted by Gasteiger charge is 2.53. The van der Waals surface area contributed by atoms with Gasteiger partial charge < -0.3 is 0 Å². The van der Waals surface area contributed by atoms with Crippen LogP contribution in [0, 0.1) is 11.8 Å². The quantitative estimate of drug-likeness (QED) is 0.459. The van der Waals surface area contributed by atoms with Crippen molar-refractivity contribution in [1.29, 1.82) is 0 Å². The molecule has 5 nitrogen and oxygen atoms in total. The van der Waals surface area contributed by atoms with Crippen molar-refractivity contribution in [3.8, 4) is 0 Å². The van der Waals surface area contributed by atoms with Gasteiger partial charge in [-0.05, 0) is 75.3 Å². The van der Waals surface area contributed by atoms with E-state index in [9.17, 15) is 39.6 Å². The van der Waals surface area contributed by atoms with Crippen LogP contribution in [0.15, 0.2) is 50.8 Å². The summed E-state index contributed by atoms with van der Waals surface area (Å²) in [5.41, 5.74) is -1.48. The van der Waals surface area contributed by atoms with Gasteiger partial charge in [0.15, 0.2) is 15.6 Å². The lowest BCUT2D eigenvalue weighted by Crippen LogP contribution is -2.48. The number of aliphatic imine (C=N–C) groups is 2. The van der Waals surface area contributed by atoms with Crippen LogP contribution in [0.3, 0.4) is 0 Å². The van der Waals surface area contributed by atoms with Crippen molar-refractivity contribution in [2.75, 3.05) is 6.54 Å². The van der Waals surface area contributed by atoms with E-state index in [2.05, 4.69) is 9.98 Å². The smallest absolute Gasteiger partial charge is 0.292 e.